The molecule has 1 atom stereocenters. The number of hydrogen-bond acceptors (Lipinski definition) is 5. The Balaban J connectivity index is 1.52. The molecule has 0 radical (unpaired) electrons. The molecule has 3 heterocycles. The number of rotatable bonds is 6. The number of aromatic amines is 1. The van der Waals surface area contributed by atoms with Gasteiger partial charge in [0.05, 0.1) is 11.9 Å². The van der Waals surface area contributed by atoms with Crippen LogP contribution in [0.2, 0.25) is 0 Å². The van der Waals surface area contributed by atoms with Gasteiger partial charge in [0.2, 0.25) is 0 Å². The van der Waals surface area contributed by atoms with Crippen molar-refractivity contribution in [2.75, 3.05) is 26.4 Å². The van der Waals surface area contributed by atoms with Gasteiger partial charge in [-0.05, 0) is 50.4 Å². The third kappa shape index (κ3) is 3.50. The average molecular weight is 343 g/mol. The lowest BCUT2D eigenvalue weighted by molar-refractivity contribution is 0.171. The molecule has 1 aromatic carbocycles. The number of aliphatic hydroxyl groups excluding tert-OH is 1. The summed E-state index contributed by atoms with van der Waals surface area (Å²) in [5.41, 5.74) is 3.32. The van der Waals surface area contributed by atoms with Gasteiger partial charge in [-0.2, -0.15) is 5.10 Å². The molecule has 1 saturated heterocycles. The normalized spacial score (nSPS) is 20.1. The highest BCUT2D eigenvalue weighted by Gasteiger charge is 2.25. The first-order valence-electron chi connectivity index (χ1n) is 9.12. The van der Waals surface area contributed by atoms with Gasteiger partial charge in [0.25, 0.3) is 0 Å². The Morgan fingerprint density at radius 3 is 3.00 bits per heavy atom. The molecule has 0 aliphatic carbocycles. The van der Waals surface area contributed by atoms with Crippen molar-refractivity contribution in [3.8, 4) is 22.8 Å². The average Bonchev–Trinajstić information content (AvgIpc) is 3.29. The lowest BCUT2D eigenvalue weighted by Gasteiger charge is -2.24. The van der Waals surface area contributed by atoms with Gasteiger partial charge < -0.3 is 14.6 Å². The van der Waals surface area contributed by atoms with Crippen LogP contribution in [-0.4, -0.2) is 52.6 Å². The maximum atomic E-state index is 9.10. The fraction of sp³-hybridized carbons (Fsp3) is 0.526. The Morgan fingerprint density at radius 1 is 1.24 bits per heavy atom. The summed E-state index contributed by atoms with van der Waals surface area (Å²) in [5, 5.41) is 16.5. The molecule has 2 N–H and O–H groups in total. The Hall–Kier alpha value is -2.05. The fourth-order valence-corrected chi connectivity index (χ4v) is 3.86. The van der Waals surface area contributed by atoms with E-state index in [9.17, 15) is 0 Å². The second-order valence-electron chi connectivity index (χ2n) is 6.76. The molecule has 6 heteroatoms. The van der Waals surface area contributed by atoms with Gasteiger partial charge in [-0.15, -0.1) is 0 Å². The second-order valence-corrected chi connectivity index (χ2v) is 6.76. The standard InChI is InChI=1S/C19H25N3O3/c23-8-2-4-16-3-1-7-22(16)13-15-12-20-21-19(15)14-5-6-17-18(11-14)25-10-9-24-17/h5-6,11-12,16,23H,1-4,7-10,13H2,(H,20,21). The summed E-state index contributed by atoms with van der Waals surface area (Å²) in [6.07, 6.45) is 6.31. The minimum absolute atomic E-state index is 0.276. The van der Waals surface area contributed by atoms with Crippen molar-refractivity contribution in [2.45, 2.75) is 38.3 Å². The highest BCUT2D eigenvalue weighted by molar-refractivity contribution is 5.66. The van der Waals surface area contributed by atoms with Crippen molar-refractivity contribution in [3.63, 3.8) is 0 Å². The van der Waals surface area contributed by atoms with Gasteiger partial charge >= 0.3 is 0 Å². The molecule has 0 bridgehead atoms. The van der Waals surface area contributed by atoms with E-state index in [0.29, 0.717) is 19.3 Å². The minimum Gasteiger partial charge on any atom is -0.486 e. The van der Waals surface area contributed by atoms with Crippen LogP contribution < -0.4 is 9.47 Å². The van der Waals surface area contributed by atoms with Crippen LogP contribution >= 0.6 is 0 Å². The van der Waals surface area contributed by atoms with Gasteiger partial charge in [0.15, 0.2) is 11.5 Å². The van der Waals surface area contributed by atoms with Gasteiger partial charge in [0, 0.05) is 30.3 Å². The van der Waals surface area contributed by atoms with E-state index >= 15 is 0 Å². The molecule has 6 nitrogen and oxygen atoms in total. The summed E-state index contributed by atoms with van der Waals surface area (Å²) in [6.45, 7) is 3.47. The van der Waals surface area contributed by atoms with Crippen LogP contribution in [0.1, 0.15) is 31.2 Å². The molecule has 2 aromatic rings. The zero-order valence-electron chi connectivity index (χ0n) is 14.4. The Morgan fingerprint density at radius 2 is 2.12 bits per heavy atom. The van der Waals surface area contributed by atoms with E-state index in [0.717, 1.165) is 48.7 Å². The third-order valence-corrected chi connectivity index (χ3v) is 5.12. The smallest absolute Gasteiger partial charge is 0.162 e. The van der Waals surface area contributed by atoms with E-state index in [1.54, 1.807) is 0 Å². The molecule has 1 aromatic heterocycles. The third-order valence-electron chi connectivity index (χ3n) is 5.12. The number of ether oxygens (including phenoxy) is 2. The van der Waals surface area contributed by atoms with Gasteiger partial charge in [0.1, 0.15) is 13.2 Å². The maximum Gasteiger partial charge on any atom is 0.162 e. The quantitative estimate of drug-likeness (QED) is 0.844. The van der Waals surface area contributed by atoms with Crippen LogP contribution in [0.3, 0.4) is 0 Å². The lowest BCUT2D eigenvalue weighted by Crippen LogP contribution is -2.29. The summed E-state index contributed by atoms with van der Waals surface area (Å²) < 4.78 is 11.3. The Bertz CT molecular complexity index is 716. The van der Waals surface area contributed by atoms with Crippen LogP contribution in [0.5, 0.6) is 11.5 Å². The largest absolute Gasteiger partial charge is 0.486 e. The first kappa shape index (κ1) is 16.4. The lowest BCUT2D eigenvalue weighted by atomic mass is 10.1. The number of hydrogen-bond donors (Lipinski definition) is 2. The van der Waals surface area contributed by atoms with E-state index in [4.69, 9.17) is 14.6 Å². The van der Waals surface area contributed by atoms with Crippen molar-refractivity contribution in [1.29, 1.82) is 0 Å². The van der Waals surface area contributed by atoms with Crippen molar-refractivity contribution < 1.29 is 14.6 Å². The SMILES string of the molecule is OCCCC1CCCN1Cc1cn[nH]c1-c1ccc2c(c1)OCCO2. The molecule has 0 amide bonds. The number of aliphatic hydroxyl groups is 1. The summed E-state index contributed by atoms with van der Waals surface area (Å²) >= 11 is 0. The summed E-state index contributed by atoms with van der Waals surface area (Å²) in [6, 6.07) is 6.61. The molecule has 4 rings (SSSR count). The number of aromatic nitrogens is 2. The summed E-state index contributed by atoms with van der Waals surface area (Å²) in [5.74, 6) is 1.60. The van der Waals surface area contributed by atoms with Crippen molar-refractivity contribution >= 4 is 0 Å². The van der Waals surface area contributed by atoms with E-state index < -0.39 is 0 Å². The van der Waals surface area contributed by atoms with Crippen molar-refractivity contribution in [3.05, 3.63) is 30.0 Å². The van der Waals surface area contributed by atoms with Crippen LogP contribution in [0.25, 0.3) is 11.3 Å². The summed E-state index contributed by atoms with van der Waals surface area (Å²) in [4.78, 5) is 2.52. The molecule has 0 spiro atoms. The fourth-order valence-electron chi connectivity index (χ4n) is 3.86. The molecule has 134 valence electrons. The predicted molar refractivity (Wildman–Crippen MR) is 94.8 cm³/mol. The van der Waals surface area contributed by atoms with E-state index in [2.05, 4.69) is 21.2 Å². The molecule has 25 heavy (non-hydrogen) atoms. The number of fused-ring (bicyclic) bond motifs is 1. The van der Waals surface area contributed by atoms with Crippen molar-refractivity contribution in [2.24, 2.45) is 0 Å². The molecular weight excluding hydrogens is 318 g/mol. The monoisotopic (exact) mass is 343 g/mol. The number of nitrogens with one attached hydrogen (secondary N) is 1. The first-order chi connectivity index (χ1) is 12.3. The van der Waals surface area contributed by atoms with Crippen LogP contribution in [-0.2, 0) is 6.54 Å². The van der Waals surface area contributed by atoms with Crippen LogP contribution in [0.4, 0.5) is 0 Å². The molecule has 1 fully saturated rings. The number of H-pyrrole nitrogens is 1. The summed E-state index contributed by atoms with van der Waals surface area (Å²) in [7, 11) is 0. The van der Waals surface area contributed by atoms with E-state index in [1.165, 1.54) is 18.4 Å². The predicted octanol–water partition coefficient (Wildman–Crippen LogP) is 2.58. The number of nitrogens with zero attached hydrogens (tertiary/aromatic N) is 2. The first-order valence-corrected chi connectivity index (χ1v) is 9.12. The van der Waals surface area contributed by atoms with Crippen LogP contribution in [0.15, 0.2) is 24.4 Å². The maximum absolute atomic E-state index is 9.10. The highest BCUT2D eigenvalue weighted by Crippen LogP contribution is 2.35. The van der Waals surface area contributed by atoms with Gasteiger partial charge in [-0.3, -0.25) is 10.00 Å². The number of likely N-dealkylation sites (tertiary alicyclic amines) is 1. The molecular formula is C19H25N3O3. The zero-order valence-corrected chi connectivity index (χ0v) is 14.4. The Labute approximate surface area is 147 Å². The minimum atomic E-state index is 0.276. The second kappa shape index (κ2) is 7.45. The topological polar surface area (TPSA) is 70.6 Å². The van der Waals surface area contributed by atoms with Crippen molar-refractivity contribution in [1.82, 2.24) is 15.1 Å². The highest BCUT2D eigenvalue weighted by atomic mass is 16.6. The van der Waals surface area contributed by atoms with Gasteiger partial charge in [-0.1, -0.05) is 0 Å². The Kier molecular flexibility index (Phi) is 4.90. The van der Waals surface area contributed by atoms with Gasteiger partial charge in [-0.25, -0.2) is 0 Å². The number of benzene rings is 1. The van der Waals surface area contributed by atoms with Crippen LogP contribution in [0, 0.1) is 0 Å². The molecule has 2 aliphatic rings. The molecule has 1 unspecified atom stereocenters. The van der Waals surface area contributed by atoms with E-state index in [1.807, 2.05) is 18.3 Å². The van der Waals surface area contributed by atoms with E-state index in [-0.39, 0.29) is 6.61 Å². The zero-order chi connectivity index (χ0) is 17.1. The molecule has 2 aliphatic heterocycles. The molecule has 0 saturated carbocycles.